The van der Waals surface area contributed by atoms with Gasteiger partial charge in [0.2, 0.25) is 5.91 Å². The molecule has 1 aromatic heterocycles. The number of amides is 3. The minimum absolute atomic E-state index is 0.0779. The summed E-state index contributed by atoms with van der Waals surface area (Å²) in [7, 11) is 1.94. The van der Waals surface area contributed by atoms with Gasteiger partial charge in [-0.25, -0.2) is 13.6 Å². The normalized spacial score (nSPS) is 14.3. The predicted molar refractivity (Wildman–Crippen MR) is 111 cm³/mol. The number of carbonyl (C=O) groups excluding carboxylic acids is 2. The van der Waals surface area contributed by atoms with Crippen molar-refractivity contribution in [2.24, 2.45) is 7.05 Å². The number of hydrogen-bond acceptors (Lipinski definition) is 2. The van der Waals surface area contributed by atoms with E-state index in [0.29, 0.717) is 13.0 Å². The number of hydrogen-bond donors (Lipinski definition) is 1. The Morgan fingerprint density at radius 2 is 1.97 bits per heavy atom. The van der Waals surface area contributed by atoms with E-state index in [1.54, 1.807) is 0 Å². The number of rotatable bonds is 8. The molecule has 1 fully saturated rings. The van der Waals surface area contributed by atoms with Gasteiger partial charge in [-0.3, -0.25) is 4.79 Å². The average Bonchev–Trinajstić information content (AvgIpc) is 3.48. The number of halogens is 2. The van der Waals surface area contributed by atoms with Gasteiger partial charge in [-0.1, -0.05) is 6.92 Å². The molecular formula is C22H28F2N4O2. The first kappa shape index (κ1) is 21.8. The third-order valence-corrected chi connectivity index (χ3v) is 5.55. The molecule has 3 rings (SSSR count). The summed E-state index contributed by atoms with van der Waals surface area (Å²) in [4.78, 5) is 29.3. The van der Waals surface area contributed by atoms with E-state index in [-0.39, 0.29) is 30.2 Å². The molecule has 0 bridgehead atoms. The maximum Gasteiger partial charge on any atom is 0.322 e. The van der Waals surface area contributed by atoms with Crippen LogP contribution in [0.3, 0.4) is 0 Å². The van der Waals surface area contributed by atoms with Crippen LogP contribution in [0.5, 0.6) is 0 Å². The van der Waals surface area contributed by atoms with Crippen LogP contribution in [-0.2, 0) is 18.4 Å². The van der Waals surface area contributed by atoms with Crippen molar-refractivity contribution in [3.63, 3.8) is 0 Å². The third-order valence-electron chi connectivity index (χ3n) is 5.55. The first-order chi connectivity index (χ1) is 14.3. The fourth-order valence-electron chi connectivity index (χ4n) is 3.30. The molecule has 3 amide bonds. The Kier molecular flexibility index (Phi) is 6.74. The Balaban J connectivity index is 1.72. The number of nitrogens with one attached hydrogen (secondary N) is 1. The summed E-state index contributed by atoms with van der Waals surface area (Å²) >= 11 is 0. The van der Waals surface area contributed by atoms with Crippen molar-refractivity contribution in [3.05, 3.63) is 53.9 Å². The molecule has 8 heteroatoms. The molecule has 1 aromatic carbocycles. The minimum atomic E-state index is -1.04. The number of carbonyl (C=O) groups is 2. The smallest absolute Gasteiger partial charge is 0.322 e. The van der Waals surface area contributed by atoms with Gasteiger partial charge in [0.1, 0.15) is 6.54 Å². The van der Waals surface area contributed by atoms with Crippen LogP contribution in [-0.4, -0.2) is 44.9 Å². The van der Waals surface area contributed by atoms with Crippen molar-refractivity contribution in [1.29, 1.82) is 0 Å². The van der Waals surface area contributed by atoms with Gasteiger partial charge in [-0.15, -0.1) is 0 Å². The van der Waals surface area contributed by atoms with Gasteiger partial charge in [-0.05, 0) is 50.5 Å². The Hall–Kier alpha value is -2.90. The zero-order valence-corrected chi connectivity index (χ0v) is 17.6. The van der Waals surface area contributed by atoms with Gasteiger partial charge in [0.25, 0.3) is 0 Å². The molecule has 0 radical (unpaired) electrons. The molecule has 1 aliphatic rings. The summed E-state index contributed by atoms with van der Waals surface area (Å²) in [6.45, 7) is 4.20. The molecule has 6 nitrogen and oxygen atoms in total. The van der Waals surface area contributed by atoms with E-state index >= 15 is 0 Å². The maximum atomic E-state index is 13.5. The van der Waals surface area contributed by atoms with Gasteiger partial charge in [-0.2, -0.15) is 0 Å². The topological polar surface area (TPSA) is 57.6 Å². The molecular weight excluding hydrogens is 390 g/mol. The lowest BCUT2D eigenvalue weighted by molar-refractivity contribution is -0.133. The summed E-state index contributed by atoms with van der Waals surface area (Å²) in [5, 5.41) is 2.57. The summed E-state index contributed by atoms with van der Waals surface area (Å²) in [6, 6.07) is 6.57. The first-order valence-corrected chi connectivity index (χ1v) is 10.2. The molecule has 0 spiro atoms. The number of benzene rings is 1. The lowest BCUT2D eigenvalue weighted by Gasteiger charge is -2.31. The highest BCUT2D eigenvalue weighted by molar-refractivity contribution is 5.92. The molecule has 1 heterocycles. The minimum Gasteiger partial charge on any atom is -0.353 e. The quantitative estimate of drug-likeness (QED) is 0.701. The molecule has 30 heavy (non-hydrogen) atoms. The molecule has 162 valence electrons. The fraction of sp³-hybridized carbons (Fsp3) is 0.455. The van der Waals surface area contributed by atoms with Crippen LogP contribution in [0.1, 0.15) is 38.8 Å². The second kappa shape index (κ2) is 9.28. The summed E-state index contributed by atoms with van der Waals surface area (Å²) in [5.41, 5.74) is 1.17. The van der Waals surface area contributed by atoms with Crippen LogP contribution in [0.25, 0.3) is 0 Å². The summed E-state index contributed by atoms with van der Waals surface area (Å²) in [5.74, 6) is -2.15. The number of nitrogens with zero attached hydrogens (tertiary/aromatic N) is 3. The zero-order chi connectivity index (χ0) is 21.8. The van der Waals surface area contributed by atoms with E-state index in [9.17, 15) is 18.4 Å². The van der Waals surface area contributed by atoms with E-state index in [1.807, 2.05) is 48.7 Å². The Bertz CT molecular complexity index is 910. The van der Waals surface area contributed by atoms with Gasteiger partial charge in [0, 0.05) is 42.8 Å². The van der Waals surface area contributed by atoms with E-state index in [4.69, 9.17) is 0 Å². The zero-order valence-electron chi connectivity index (χ0n) is 17.6. The SMILES string of the molecule is CC[C@H](C)N(CC(=O)N(Cc1cccn1C)C1CC1)C(=O)Nc1ccc(F)c(F)c1. The van der Waals surface area contributed by atoms with Gasteiger partial charge >= 0.3 is 6.03 Å². The number of aromatic nitrogens is 1. The molecule has 0 aliphatic heterocycles. The second-order valence-corrected chi connectivity index (χ2v) is 7.81. The van der Waals surface area contributed by atoms with Gasteiger partial charge in [0.05, 0.1) is 6.54 Å². The predicted octanol–water partition coefficient (Wildman–Crippen LogP) is 4.13. The Morgan fingerprint density at radius 3 is 2.53 bits per heavy atom. The molecule has 2 aromatic rings. The van der Waals surface area contributed by atoms with Crippen molar-refractivity contribution >= 4 is 17.6 Å². The molecule has 1 saturated carbocycles. The third kappa shape index (κ3) is 5.17. The van der Waals surface area contributed by atoms with Crippen LogP contribution in [0.2, 0.25) is 0 Å². The van der Waals surface area contributed by atoms with Crippen LogP contribution in [0.15, 0.2) is 36.5 Å². The summed E-state index contributed by atoms with van der Waals surface area (Å²) in [6.07, 6.45) is 4.51. The first-order valence-electron chi connectivity index (χ1n) is 10.2. The van der Waals surface area contributed by atoms with E-state index in [1.165, 1.54) is 11.0 Å². The van der Waals surface area contributed by atoms with E-state index in [2.05, 4.69) is 5.32 Å². The monoisotopic (exact) mass is 418 g/mol. The maximum absolute atomic E-state index is 13.5. The van der Waals surface area contributed by atoms with Gasteiger partial charge < -0.3 is 19.7 Å². The molecule has 1 aliphatic carbocycles. The van der Waals surface area contributed by atoms with Crippen LogP contribution in [0.4, 0.5) is 19.3 Å². The van der Waals surface area contributed by atoms with Crippen molar-refractivity contribution in [2.75, 3.05) is 11.9 Å². The lowest BCUT2D eigenvalue weighted by atomic mass is 10.2. The molecule has 0 unspecified atom stereocenters. The van der Waals surface area contributed by atoms with Crippen molar-refractivity contribution < 1.29 is 18.4 Å². The van der Waals surface area contributed by atoms with Crippen LogP contribution in [0, 0.1) is 11.6 Å². The molecule has 1 N–H and O–H groups in total. The standard InChI is InChI=1S/C22H28F2N4O2/c1-4-15(2)27(22(30)25-16-7-10-19(23)20(24)12-16)14-21(29)28(17-8-9-17)13-18-6-5-11-26(18)3/h5-7,10-12,15,17H,4,8-9,13-14H2,1-3H3,(H,25,30)/t15-/m0/s1. The second-order valence-electron chi connectivity index (χ2n) is 7.81. The highest BCUT2D eigenvalue weighted by Crippen LogP contribution is 2.29. The highest BCUT2D eigenvalue weighted by atomic mass is 19.2. The van der Waals surface area contributed by atoms with E-state index < -0.39 is 17.7 Å². The largest absolute Gasteiger partial charge is 0.353 e. The highest BCUT2D eigenvalue weighted by Gasteiger charge is 2.34. The number of aryl methyl sites for hydroxylation is 1. The molecule has 1 atom stereocenters. The Morgan fingerprint density at radius 1 is 1.23 bits per heavy atom. The Labute approximate surface area is 175 Å². The number of urea groups is 1. The lowest BCUT2D eigenvalue weighted by Crippen LogP contribution is -2.48. The van der Waals surface area contributed by atoms with E-state index in [0.717, 1.165) is 30.7 Å². The fourth-order valence-corrected chi connectivity index (χ4v) is 3.30. The average molecular weight is 418 g/mol. The summed E-state index contributed by atoms with van der Waals surface area (Å²) < 4.78 is 28.6. The van der Waals surface area contributed by atoms with Crippen molar-refractivity contribution in [2.45, 2.75) is 51.7 Å². The van der Waals surface area contributed by atoms with Gasteiger partial charge in [0.15, 0.2) is 11.6 Å². The van der Waals surface area contributed by atoms with Crippen LogP contribution < -0.4 is 5.32 Å². The number of anilines is 1. The van der Waals surface area contributed by atoms with Crippen molar-refractivity contribution in [1.82, 2.24) is 14.4 Å². The van der Waals surface area contributed by atoms with Crippen LogP contribution >= 0.6 is 0 Å². The van der Waals surface area contributed by atoms with Crippen molar-refractivity contribution in [3.8, 4) is 0 Å². The molecule has 0 saturated heterocycles.